The molecule has 0 unspecified atom stereocenters. The van der Waals surface area contributed by atoms with Crippen molar-refractivity contribution >= 4 is 40.1 Å². The number of halogens is 2. The quantitative estimate of drug-likeness (QED) is 0.710. The van der Waals surface area contributed by atoms with Crippen LogP contribution in [0.4, 0.5) is 0 Å². The molecule has 2 rings (SSSR count). The van der Waals surface area contributed by atoms with Crippen LogP contribution in [0.1, 0.15) is 29.6 Å². The van der Waals surface area contributed by atoms with Crippen molar-refractivity contribution < 1.29 is 4.79 Å². The van der Waals surface area contributed by atoms with Crippen molar-refractivity contribution in [2.24, 2.45) is 0 Å². The van der Waals surface area contributed by atoms with Crippen molar-refractivity contribution in [2.45, 2.75) is 19.3 Å². The molecule has 1 aromatic carbocycles. The van der Waals surface area contributed by atoms with E-state index in [1.807, 2.05) is 11.0 Å². The molecule has 0 aliphatic carbocycles. The van der Waals surface area contributed by atoms with E-state index in [4.69, 9.17) is 11.6 Å². The van der Waals surface area contributed by atoms with Crippen LogP contribution >= 0.6 is 34.2 Å². The van der Waals surface area contributed by atoms with Gasteiger partial charge >= 0.3 is 0 Å². The van der Waals surface area contributed by atoms with Gasteiger partial charge in [-0.1, -0.05) is 11.6 Å². The first kappa shape index (κ1) is 12.2. The fourth-order valence-corrected chi connectivity index (χ4v) is 2.54. The lowest BCUT2D eigenvalue weighted by atomic mass is 10.1. The van der Waals surface area contributed by atoms with Gasteiger partial charge in [0.25, 0.3) is 5.91 Å². The molecular weight excluding hydrogens is 336 g/mol. The summed E-state index contributed by atoms with van der Waals surface area (Å²) in [6.07, 6.45) is 3.48. The molecule has 0 saturated carbocycles. The molecule has 1 aliphatic heterocycles. The Kier molecular flexibility index (Phi) is 4.08. The minimum Gasteiger partial charge on any atom is -0.339 e. The number of carbonyl (C=O) groups excluding carboxylic acids is 1. The van der Waals surface area contributed by atoms with Crippen LogP contribution in [0.15, 0.2) is 18.2 Å². The van der Waals surface area contributed by atoms with E-state index in [9.17, 15) is 4.79 Å². The summed E-state index contributed by atoms with van der Waals surface area (Å²) in [5, 5.41) is 0.704. The van der Waals surface area contributed by atoms with Crippen LogP contribution < -0.4 is 0 Å². The van der Waals surface area contributed by atoms with Gasteiger partial charge in [-0.2, -0.15) is 0 Å². The number of carbonyl (C=O) groups is 1. The first-order chi connectivity index (χ1) is 7.68. The van der Waals surface area contributed by atoms with Gasteiger partial charge < -0.3 is 4.90 Å². The number of rotatable bonds is 1. The third-order valence-electron chi connectivity index (χ3n) is 2.81. The molecule has 0 aromatic heterocycles. The van der Waals surface area contributed by atoms with E-state index in [1.54, 1.807) is 12.1 Å². The fourth-order valence-electron chi connectivity index (χ4n) is 1.91. The van der Waals surface area contributed by atoms with E-state index < -0.39 is 0 Å². The van der Waals surface area contributed by atoms with Gasteiger partial charge in [-0.05, 0) is 60.1 Å². The van der Waals surface area contributed by atoms with Gasteiger partial charge in [-0.15, -0.1) is 0 Å². The van der Waals surface area contributed by atoms with E-state index in [1.165, 1.54) is 6.42 Å². The van der Waals surface area contributed by atoms with Crippen LogP contribution in [0.3, 0.4) is 0 Å². The predicted molar refractivity (Wildman–Crippen MR) is 73.9 cm³/mol. The summed E-state index contributed by atoms with van der Waals surface area (Å²) in [6.45, 7) is 1.77. The van der Waals surface area contributed by atoms with E-state index in [0.717, 1.165) is 35.1 Å². The third-order valence-corrected chi connectivity index (χ3v) is 4.35. The second-order valence-electron chi connectivity index (χ2n) is 3.98. The second kappa shape index (κ2) is 5.36. The van der Waals surface area contributed by atoms with E-state index in [0.29, 0.717) is 5.02 Å². The predicted octanol–water partition coefficient (Wildman–Crippen LogP) is 3.57. The molecule has 1 aromatic rings. The Bertz CT molecular complexity index is 402. The number of amides is 1. The van der Waals surface area contributed by atoms with Gasteiger partial charge in [0.05, 0.1) is 5.02 Å². The minimum absolute atomic E-state index is 0.134. The number of nitrogens with zero attached hydrogens (tertiary/aromatic N) is 1. The molecular formula is C12H13ClINO. The van der Waals surface area contributed by atoms with Crippen LogP contribution in [0.25, 0.3) is 0 Å². The highest BCUT2D eigenvalue weighted by molar-refractivity contribution is 14.1. The highest BCUT2D eigenvalue weighted by Gasteiger charge is 2.18. The van der Waals surface area contributed by atoms with Crippen molar-refractivity contribution in [2.75, 3.05) is 13.1 Å². The maximum absolute atomic E-state index is 12.1. The van der Waals surface area contributed by atoms with E-state index >= 15 is 0 Å². The average molecular weight is 350 g/mol. The Labute approximate surface area is 114 Å². The molecule has 86 valence electrons. The van der Waals surface area contributed by atoms with Crippen LogP contribution in [-0.4, -0.2) is 23.9 Å². The molecule has 0 N–H and O–H groups in total. The molecule has 2 nitrogen and oxygen atoms in total. The first-order valence-corrected chi connectivity index (χ1v) is 6.88. The Balaban J connectivity index is 2.16. The molecule has 4 heteroatoms. The van der Waals surface area contributed by atoms with E-state index in [-0.39, 0.29) is 5.91 Å². The van der Waals surface area contributed by atoms with Crippen molar-refractivity contribution in [3.05, 3.63) is 32.4 Å². The molecule has 1 amide bonds. The number of likely N-dealkylation sites (tertiary alicyclic amines) is 1. The monoisotopic (exact) mass is 349 g/mol. The Morgan fingerprint density at radius 3 is 2.56 bits per heavy atom. The van der Waals surface area contributed by atoms with Gasteiger partial charge in [0.2, 0.25) is 0 Å². The van der Waals surface area contributed by atoms with Crippen LogP contribution in [0, 0.1) is 3.57 Å². The lowest BCUT2D eigenvalue weighted by Gasteiger charge is -2.26. The zero-order valence-corrected chi connectivity index (χ0v) is 11.8. The SMILES string of the molecule is O=C(c1ccc(Cl)c(I)c1)N1CCCCC1. The smallest absolute Gasteiger partial charge is 0.253 e. The van der Waals surface area contributed by atoms with Crippen LogP contribution in [0.5, 0.6) is 0 Å². The zero-order valence-electron chi connectivity index (χ0n) is 8.88. The molecule has 0 spiro atoms. The highest BCUT2D eigenvalue weighted by atomic mass is 127. The first-order valence-electron chi connectivity index (χ1n) is 5.43. The lowest BCUT2D eigenvalue weighted by molar-refractivity contribution is 0.0724. The summed E-state index contributed by atoms with van der Waals surface area (Å²) in [5.74, 6) is 0.134. The molecule has 0 radical (unpaired) electrons. The third kappa shape index (κ3) is 2.69. The molecule has 0 atom stereocenters. The minimum atomic E-state index is 0.134. The van der Waals surface area contributed by atoms with Gasteiger partial charge in [-0.25, -0.2) is 0 Å². The fraction of sp³-hybridized carbons (Fsp3) is 0.417. The molecule has 0 bridgehead atoms. The number of piperidine rings is 1. The van der Waals surface area contributed by atoms with Gasteiger partial charge in [0.15, 0.2) is 0 Å². The molecule has 1 heterocycles. The van der Waals surface area contributed by atoms with Crippen molar-refractivity contribution in [3.8, 4) is 0 Å². The summed E-state index contributed by atoms with van der Waals surface area (Å²) in [4.78, 5) is 14.1. The number of benzene rings is 1. The topological polar surface area (TPSA) is 20.3 Å². The van der Waals surface area contributed by atoms with Crippen LogP contribution in [0.2, 0.25) is 5.02 Å². The number of hydrogen-bond donors (Lipinski definition) is 0. The standard InChI is InChI=1S/C12H13ClINO/c13-10-5-4-9(8-11(10)14)12(16)15-6-2-1-3-7-15/h4-5,8H,1-3,6-7H2. The molecule has 16 heavy (non-hydrogen) atoms. The Morgan fingerprint density at radius 1 is 1.25 bits per heavy atom. The largest absolute Gasteiger partial charge is 0.339 e. The maximum Gasteiger partial charge on any atom is 0.253 e. The summed E-state index contributed by atoms with van der Waals surface area (Å²) < 4.78 is 0.933. The highest BCUT2D eigenvalue weighted by Crippen LogP contribution is 2.21. The Hall–Kier alpha value is -0.290. The summed E-state index contributed by atoms with van der Waals surface area (Å²) >= 11 is 8.09. The van der Waals surface area contributed by atoms with Gasteiger partial charge in [0.1, 0.15) is 0 Å². The average Bonchev–Trinajstić information content (AvgIpc) is 2.33. The number of hydrogen-bond acceptors (Lipinski definition) is 1. The van der Waals surface area contributed by atoms with Gasteiger partial charge in [0, 0.05) is 22.2 Å². The summed E-state index contributed by atoms with van der Waals surface area (Å²) in [7, 11) is 0. The molecule has 1 saturated heterocycles. The van der Waals surface area contributed by atoms with E-state index in [2.05, 4.69) is 22.6 Å². The summed E-state index contributed by atoms with van der Waals surface area (Å²) in [6, 6.07) is 5.46. The summed E-state index contributed by atoms with van der Waals surface area (Å²) in [5.41, 5.74) is 0.746. The lowest BCUT2D eigenvalue weighted by Crippen LogP contribution is -2.35. The van der Waals surface area contributed by atoms with Gasteiger partial charge in [-0.3, -0.25) is 4.79 Å². The Morgan fingerprint density at radius 2 is 1.94 bits per heavy atom. The maximum atomic E-state index is 12.1. The van der Waals surface area contributed by atoms with Crippen molar-refractivity contribution in [1.29, 1.82) is 0 Å². The van der Waals surface area contributed by atoms with Crippen molar-refractivity contribution in [3.63, 3.8) is 0 Å². The molecule has 1 fully saturated rings. The zero-order chi connectivity index (χ0) is 11.5. The molecule has 1 aliphatic rings. The second-order valence-corrected chi connectivity index (χ2v) is 5.55. The normalized spacial score (nSPS) is 16.2. The van der Waals surface area contributed by atoms with Crippen LogP contribution in [-0.2, 0) is 0 Å². The van der Waals surface area contributed by atoms with Crippen molar-refractivity contribution in [1.82, 2.24) is 4.90 Å².